The lowest BCUT2D eigenvalue weighted by atomic mass is 10.2. The zero-order valence-electron chi connectivity index (χ0n) is 10.6. The van der Waals surface area contributed by atoms with E-state index in [1.165, 1.54) is 19.2 Å². The largest absolute Gasteiger partial charge is 0.497 e. The Morgan fingerprint density at radius 3 is 2.44 bits per heavy atom. The Balaban J connectivity index is 2.62. The number of sulfonamides is 1. The first-order valence-corrected chi connectivity index (χ1v) is 7.29. The first-order valence-electron chi connectivity index (χ1n) is 5.81. The predicted molar refractivity (Wildman–Crippen MR) is 69.1 cm³/mol. The van der Waals surface area contributed by atoms with Crippen LogP contribution in [0.2, 0.25) is 0 Å². The summed E-state index contributed by atoms with van der Waals surface area (Å²) in [5.74, 6) is 0.607. The van der Waals surface area contributed by atoms with Gasteiger partial charge in [-0.2, -0.15) is 0 Å². The van der Waals surface area contributed by atoms with Crippen molar-refractivity contribution in [1.82, 2.24) is 4.72 Å². The van der Waals surface area contributed by atoms with Gasteiger partial charge in [0.05, 0.1) is 18.1 Å². The molecule has 0 aliphatic carbocycles. The maximum Gasteiger partial charge on any atom is 0.240 e. The zero-order valence-corrected chi connectivity index (χ0v) is 11.4. The number of nitrogens with one attached hydrogen (secondary N) is 1. The van der Waals surface area contributed by atoms with E-state index in [0.717, 1.165) is 0 Å². The molecule has 0 aliphatic rings. The van der Waals surface area contributed by atoms with Gasteiger partial charge in [0.2, 0.25) is 10.0 Å². The summed E-state index contributed by atoms with van der Waals surface area (Å²) in [6.07, 6.45) is 0.555. The number of aliphatic hydroxyl groups excluding tert-OH is 1. The average Bonchev–Trinajstić information content (AvgIpc) is 2.38. The summed E-state index contributed by atoms with van der Waals surface area (Å²) in [4.78, 5) is 0.189. The minimum atomic E-state index is -3.51. The van der Waals surface area contributed by atoms with Crippen LogP contribution in [0.5, 0.6) is 5.75 Å². The van der Waals surface area contributed by atoms with Crippen LogP contribution in [0, 0.1) is 0 Å². The summed E-state index contributed by atoms with van der Waals surface area (Å²) in [6, 6.07) is 6.15. The summed E-state index contributed by atoms with van der Waals surface area (Å²) < 4.78 is 31.1. The van der Waals surface area contributed by atoms with Crippen LogP contribution in [-0.2, 0) is 10.0 Å². The second-order valence-corrected chi connectivity index (χ2v) is 5.69. The van der Waals surface area contributed by atoms with Crippen LogP contribution in [0.15, 0.2) is 29.2 Å². The van der Waals surface area contributed by atoms with Crippen LogP contribution in [0.25, 0.3) is 0 Å². The fourth-order valence-electron chi connectivity index (χ4n) is 1.40. The Hall–Kier alpha value is -1.11. The summed E-state index contributed by atoms with van der Waals surface area (Å²) in [5, 5.41) is 9.34. The molecule has 0 radical (unpaired) electrons. The van der Waals surface area contributed by atoms with Crippen LogP contribution in [-0.4, -0.2) is 33.3 Å². The molecular formula is C12H19NO4S. The monoisotopic (exact) mass is 273 g/mol. The number of rotatable bonds is 7. The van der Waals surface area contributed by atoms with Crippen molar-refractivity contribution in [3.8, 4) is 5.75 Å². The van der Waals surface area contributed by atoms with Crippen LogP contribution >= 0.6 is 0 Å². The molecule has 1 aromatic carbocycles. The van der Waals surface area contributed by atoms with Gasteiger partial charge in [0.15, 0.2) is 0 Å². The van der Waals surface area contributed by atoms with E-state index < -0.39 is 16.1 Å². The molecule has 0 amide bonds. The third-order valence-electron chi connectivity index (χ3n) is 2.61. The molecule has 0 aromatic heterocycles. The number of benzene rings is 1. The van der Waals surface area contributed by atoms with E-state index in [4.69, 9.17) is 4.74 Å². The number of hydrogen-bond donors (Lipinski definition) is 2. The van der Waals surface area contributed by atoms with E-state index in [9.17, 15) is 13.5 Å². The van der Waals surface area contributed by atoms with E-state index in [0.29, 0.717) is 18.6 Å². The van der Waals surface area contributed by atoms with E-state index in [-0.39, 0.29) is 11.4 Å². The SMILES string of the molecule is CCC(O)CCNS(=O)(=O)c1ccc(OC)cc1. The van der Waals surface area contributed by atoms with Gasteiger partial charge in [-0.1, -0.05) is 6.92 Å². The summed E-state index contributed by atoms with van der Waals surface area (Å²) in [5.41, 5.74) is 0. The first kappa shape index (κ1) is 14.9. The smallest absolute Gasteiger partial charge is 0.240 e. The maximum atomic E-state index is 11.9. The highest BCUT2D eigenvalue weighted by Gasteiger charge is 2.13. The van der Waals surface area contributed by atoms with Gasteiger partial charge in [0, 0.05) is 6.54 Å². The summed E-state index contributed by atoms with van der Waals surface area (Å²) in [6.45, 7) is 2.08. The van der Waals surface area contributed by atoms with Gasteiger partial charge in [0.1, 0.15) is 5.75 Å². The molecule has 5 nitrogen and oxygen atoms in total. The van der Waals surface area contributed by atoms with Crippen molar-refractivity contribution in [3.05, 3.63) is 24.3 Å². The lowest BCUT2D eigenvalue weighted by molar-refractivity contribution is 0.162. The predicted octanol–water partition coefficient (Wildman–Crippen LogP) is 1.13. The number of methoxy groups -OCH3 is 1. The number of ether oxygens (including phenoxy) is 1. The van der Waals surface area contributed by atoms with E-state index in [2.05, 4.69) is 4.72 Å². The van der Waals surface area contributed by atoms with Crippen molar-refractivity contribution < 1.29 is 18.3 Å². The first-order chi connectivity index (χ1) is 8.49. The van der Waals surface area contributed by atoms with Crippen molar-refractivity contribution in [2.45, 2.75) is 30.8 Å². The van der Waals surface area contributed by atoms with Crippen molar-refractivity contribution in [2.24, 2.45) is 0 Å². The van der Waals surface area contributed by atoms with Crippen molar-refractivity contribution in [2.75, 3.05) is 13.7 Å². The quantitative estimate of drug-likeness (QED) is 0.781. The Morgan fingerprint density at radius 2 is 1.94 bits per heavy atom. The molecule has 0 aliphatic heterocycles. The highest BCUT2D eigenvalue weighted by molar-refractivity contribution is 7.89. The van der Waals surface area contributed by atoms with Gasteiger partial charge in [-0.3, -0.25) is 0 Å². The minimum Gasteiger partial charge on any atom is -0.497 e. The van der Waals surface area contributed by atoms with Gasteiger partial charge in [-0.25, -0.2) is 13.1 Å². The molecule has 0 saturated heterocycles. The van der Waals surface area contributed by atoms with Crippen molar-refractivity contribution in [1.29, 1.82) is 0 Å². The second kappa shape index (κ2) is 6.72. The van der Waals surface area contributed by atoms with Crippen LogP contribution < -0.4 is 9.46 Å². The molecule has 0 saturated carbocycles. The molecule has 1 aromatic rings. The lowest BCUT2D eigenvalue weighted by Crippen LogP contribution is -2.27. The molecule has 6 heteroatoms. The fraction of sp³-hybridized carbons (Fsp3) is 0.500. The van der Waals surface area contributed by atoms with Crippen LogP contribution in [0.1, 0.15) is 19.8 Å². The molecule has 1 unspecified atom stereocenters. The molecule has 102 valence electrons. The molecule has 0 bridgehead atoms. The summed E-state index contributed by atoms with van der Waals surface area (Å²) in [7, 11) is -1.98. The number of aliphatic hydroxyl groups is 1. The molecule has 0 spiro atoms. The Bertz CT molecular complexity index is 455. The normalized spacial score (nSPS) is 13.3. The molecule has 0 heterocycles. The zero-order chi connectivity index (χ0) is 13.6. The summed E-state index contributed by atoms with van der Waals surface area (Å²) >= 11 is 0. The van der Waals surface area contributed by atoms with Crippen molar-refractivity contribution in [3.63, 3.8) is 0 Å². The molecule has 1 rings (SSSR count). The number of hydrogen-bond acceptors (Lipinski definition) is 4. The van der Waals surface area contributed by atoms with Crippen molar-refractivity contribution >= 4 is 10.0 Å². The van der Waals surface area contributed by atoms with Gasteiger partial charge in [-0.15, -0.1) is 0 Å². The van der Waals surface area contributed by atoms with Crippen LogP contribution in [0.3, 0.4) is 0 Å². The second-order valence-electron chi connectivity index (χ2n) is 3.92. The standard InChI is InChI=1S/C12H19NO4S/c1-3-10(14)8-9-13-18(15,16)12-6-4-11(17-2)5-7-12/h4-7,10,13-14H,3,8-9H2,1-2H3. The molecule has 0 fully saturated rings. The Morgan fingerprint density at radius 1 is 1.33 bits per heavy atom. The molecule has 2 N–H and O–H groups in total. The van der Waals surface area contributed by atoms with Gasteiger partial charge < -0.3 is 9.84 Å². The van der Waals surface area contributed by atoms with E-state index in [1.807, 2.05) is 6.92 Å². The third kappa shape index (κ3) is 4.29. The average molecular weight is 273 g/mol. The topological polar surface area (TPSA) is 75.6 Å². The van der Waals surface area contributed by atoms with Gasteiger partial charge in [-0.05, 0) is 37.1 Å². The molecular weight excluding hydrogens is 254 g/mol. The Labute approximate surface area is 108 Å². The highest BCUT2D eigenvalue weighted by Crippen LogP contribution is 2.15. The fourth-order valence-corrected chi connectivity index (χ4v) is 2.45. The third-order valence-corrected chi connectivity index (χ3v) is 4.09. The lowest BCUT2D eigenvalue weighted by Gasteiger charge is -2.10. The van der Waals surface area contributed by atoms with Gasteiger partial charge >= 0.3 is 0 Å². The minimum absolute atomic E-state index is 0.189. The molecule has 1 atom stereocenters. The van der Waals surface area contributed by atoms with Crippen LogP contribution in [0.4, 0.5) is 0 Å². The maximum absolute atomic E-state index is 11.9. The van der Waals surface area contributed by atoms with E-state index in [1.54, 1.807) is 12.1 Å². The van der Waals surface area contributed by atoms with E-state index >= 15 is 0 Å². The molecule has 18 heavy (non-hydrogen) atoms. The Kier molecular flexibility index (Phi) is 5.58. The highest BCUT2D eigenvalue weighted by atomic mass is 32.2. The van der Waals surface area contributed by atoms with Gasteiger partial charge in [0.25, 0.3) is 0 Å².